The third kappa shape index (κ3) is 7.06. The van der Waals surface area contributed by atoms with Crippen molar-refractivity contribution in [1.82, 2.24) is 14.9 Å². The molecule has 7 nitrogen and oxygen atoms in total. The van der Waals surface area contributed by atoms with Gasteiger partial charge in [0, 0.05) is 13.1 Å². The largest absolute Gasteiger partial charge is 0.522 e. The average molecular weight is 411 g/mol. The van der Waals surface area contributed by atoms with Gasteiger partial charge in [0.15, 0.2) is 5.82 Å². The monoisotopic (exact) mass is 411 g/mol. The van der Waals surface area contributed by atoms with Crippen LogP contribution in [0.3, 0.4) is 0 Å². The molecule has 3 N–H and O–H groups in total. The summed E-state index contributed by atoms with van der Waals surface area (Å²) in [5.41, 5.74) is 8.50. The molecule has 0 saturated carbocycles. The number of likely N-dealkylation sites (tertiary alicyclic amines) is 1. The molecule has 1 aliphatic rings. The molecule has 10 heteroatoms. The molecule has 0 radical (unpaired) electrons. The van der Waals surface area contributed by atoms with Crippen LogP contribution in [-0.4, -0.2) is 47.5 Å². The van der Waals surface area contributed by atoms with Crippen LogP contribution in [0, 0.1) is 0 Å². The predicted octanol–water partition coefficient (Wildman–Crippen LogP) is 3.18. The number of anilines is 2. The maximum atomic E-state index is 11.9. The fourth-order valence-corrected chi connectivity index (χ4v) is 3.02. The summed E-state index contributed by atoms with van der Waals surface area (Å²) >= 11 is 0. The summed E-state index contributed by atoms with van der Waals surface area (Å²) in [5, 5.41) is 3.10. The van der Waals surface area contributed by atoms with Gasteiger partial charge in [-0.05, 0) is 37.1 Å². The second kappa shape index (κ2) is 9.75. The number of ether oxygens (including phenoxy) is 2. The van der Waals surface area contributed by atoms with Crippen molar-refractivity contribution >= 4 is 11.5 Å². The summed E-state index contributed by atoms with van der Waals surface area (Å²) in [6.45, 7) is 2.78. The van der Waals surface area contributed by atoms with Gasteiger partial charge in [-0.15, -0.1) is 13.2 Å². The quantitative estimate of drug-likeness (QED) is 0.613. The lowest BCUT2D eigenvalue weighted by atomic mass is 10.1. The fraction of sp³-hybridized carbons (Fsp3) is 0.474. The topological polar surface area (TPSA) is 85.5 Å². The summed E-state index contributed by atoms with van der Waals surface area (Å²) < 4.78 is 44.6. The Bertz CT molecular complexity index is 780. The smallest absolute Gasteiger partial charge is 0.461 e. The molecular weight excluding hydrogens is 387 g/mol. The molecule has 158 valence electrons. The Balaban J connectivity index is 1.49. The third-order valence-corrected chi connectivity index (χ3v) is 4.46. The third-order valence-electron chi connectivity index (χ3n) is 4.46. The minimum atomic E-state index is -4.69. The van der Waals surface area contributed by atoms with Crippen molar-refractivity contribution in [2.75, 3.05) is 37.4 Å². The van der Waals surface area contributed by atoms with Gasteiger partial charge in [0.1, 0.15) is 6.61 Å². The van der Waals surface area contributed by atoms with E-state index in [1.54, 1.807) is 0 Å². The van der Waals surface area contributed by atoms with Gasteiger partial charge < -0.3 is 15.8 Å². The first-order valence-corrected chi connectivity index (χ1v) is 9.39. The van der Waals surface area contributed by atoms with Crippen LogP contribution in [0.1, 0.15) is 24.0 Å². The van der Waals surface area contributed by atoms with Gasteiger partial charge in [-0.25, -0.2) is 4.98 Å². The standard InChI is InChI=1S/C19H24F3N5O2/c20-19(21,22)29-10-9-28-18-25-12-16(23)17(26-18)24-11-14-3-5-15(6-4-14)13-27-7-1-2-8-27/h3-6,12H,1-2,7-11,13,23H2,(H,24,25,26). The minimum Gasteiger partial charge on any atom is -0.461 e. The number of aromatic nitrogens is 2. The maximum absolute atomic E-state index is 11.9. The van der Waals surface area contributed by atoms with Crippen molar-refractivity contribution in [3.05, 3.63) is 41.6 Å². The Kier molecular flexibility index (Phi) is 7.10. The van der Waals surface area contributed by atoms with E-state index >= 15 is 0 Å². The van der Waals surface area contributed by atoms with Crippen molar-refractivity contribution in [1.29, 1.82) is 0 Å². The Morgan fingerprint density at radius 2 is 1.76 bits per heavy atom. The second-order valence-corrected chi connectivity index (χ2v) is 6.75. The minimum absolute atomic E-state index is 0.0755. The van der Waals surface area contributed by atoms with Gasteiger partial charge >= 0.3 is 12.4 Å². The number of hydrogen-bond donors (Lipinski definition) is 2. The first-order valence-electron chi connectivity index (χ1n) is 9.39. The van der Waals surface area contributed by atoms with Crippen LogP contribution in [0.25, 0.3) is 0 Å². The average Bonchev–Trinajstić information content (AvgIpc) is 3.19. The number of nitrogens with one attached hydrogen (secondary N) is 1. The number of rotatable bonds is 9. The van der Waals surface area contributed by atoms with Crippen molar-refractivity contribution in [2.24, 2.45) is 0 Å². The lowest BCUT2D eigenvalue weighted by molar-refractivity contribution is -0.325. The van der Waals surface area contributed by atoms with Crippen LogP contribution >= 0.6 is 0 Å². The molecule has 0 bridgehead atoms. The van der Waals surface area contributed by atoms with Crippen molar-refractivity contribution < 1.29 is 22.6 Å². The van der Waals surface area contributed by atoms with Crippen molar-refractivity contribution in [3.63, 3.8) is 0 Å². The van der Waals surface area contributed by atoms with Crippen LogP contribution in [0.15, 0.2) is 30.5 Å². The predicted molar refractivity (Wildman–Crippen MR) is 102 cm³/mol. The van der Waals surface area contributed by atoms with E-state index in [1.165, 1.54) is 24.6 Å². The SMILES string of the molecule is Nc1cnc(OCCOC(F)(F)F)nc1NCc1ccc(CN2CCCC2)cc1. The molecule has 1 fully saturated rings. The summed E-state index contributed by atoms with van der Waals surface area (Å²) in [5.74, 6) is 0.355. The first kappa shape index (κ1) is 21.1. The first-order chi connectivity index (χ1) is 13.9. The van der Waals surface area contributed by atoms with E-state index in [9.17, 15) is 13.2 Å². The van der Waals surface area contributed by atoms with E-state index in [4.69, 9.17) is 10.5 Å². The summed E-state index contributed by atoms with van der Waals surface area (Å²) in [4.78, 5) is 10.4. The van der Waals surface area contributed by atoms with E-state index in [1.807, 2.05) is 12.1 Å². The molecular formula is C19H24F3N5O2. The Morgan fingerprint density at radius 3 is 2.45 bits per heavy atom. The lowest BCUT2D eigenvalue weighted by Crippen LogP contribution is -2.18. The van der Waals surface area contributed by atoms with E-state index in [0.717, 1.165) is 25.2 Å². The van der Waals surface area contributed by atoms with Gasteiger partial charge in [0.2, 0.25) is 0 Å². The highest BCUT2D eigenvalue weighted by molar-refractivity contribution is 5.60. The highest BCUT2D eigenvalue weighted by Crippen LogP contribution is 2.19. The molecule has 1 aromatic carbocycles. The number of nitrogens with two attached hydrogens (primary N) is 1. The van der Waals surface area contributed by atoms with Crippen molar-refractivity contribution in [2.45, 2.75) is 32.3 Å². The Morgan fingerprint density at radius 1 is 1.07 bits per heavy atom. The Labute approximate surface area is 167 Å². The van der Waals surface area contributed by atoms with Gasteiger partial charge in [-0.1, -0.05) is 24.3 Å². The molecule has 0 aliphatic carbocycles. The normalized spacial score (nSPS) is 14.9. The zero-order valence-electron chi connectivity index (χ0n) is 15.9. The molecule has 0 atom stereocenters. The summed E-state index contributed by atoms with van der Waals surface area (Å²) in [7, 11) is 0. The number of alkyl halides is 3. The molecule has 3 rings (SSSR count). The molecule has 2 aromatic rings. The van der Waals surface area contributed by atoms with E-state index < -0.39 is 13.0 Å². The number of benzene rings is 1. The van der Waals surface area contributed by atoms with Gasteiger partial charge in [0.25, 0.3) is 0 Å². The lowest BCUT2D eigenvalue weighted by Gasteiger charge is -2.15. The van der Waals surface area contributed by atoms with Crippen LogP contribution in [-0.2, 0) is 17.8 Å². The van der Waals surface area contributed by atoms with Crippen LogP contribution in [0.5, 0.6) is 6.01 Å². The molecule has 1 aliphatic heterocycles. The second-order valence-electron chi connectivity index (χ2n) is 6.75. The number of halogens is 3. The molecule has 1 aromatic heterocycles. The number of nitrogen functional groups attached to an aromatic ring is 1. The zero-order chi connectivity index (χ0) is 20.7. The molecule has 0 amide bonds. The van der Waals surface area contributed by atoms with Crippen LogP contribution in [0.2, 0.25) is 0 Å². The van der Waals surface area contributed by atoms with E-state index in [2.05, 4.69) is 37.1 Å². The highest BCUT2D eigenvalue weighted by atomic mass is 19.4. The van der Waals surface area contributed by atoms with E-state index in [-0.39, 0.29) is 12.6 Å². The molecule has 29 heavy (non-hydrogen) atoms. The zero-order valence-corrected chi connectivity index (χ0v) is 15.9. The maximum Gasteiger partial charge on any atom is 0.522 e. The van der Waals surface area contributed by atoms with Gasteiger partial charge in [0.05, 0.1) is 18.5 Å². The van der Waals surface area contributed by atoms with Crippen LogP contribution < -0.4 is 15.8 Å². The summed E-state index contributed by atoms with van der Waals surface area (Å²) in [6, 6.07) is 8.22. The molecule has 0 unspecified atom stereocenters. The molecule has 1 saturated heterocycles. The molecule has 2 heterocycles. The van der Waals surface area contributed by atoms with E-state index in [0.29, 0.717) is 18.1 Å². The fourth-order valence-electron chi connectivity index (χ4n) is 3.02. The number of hydrogen-bond acceptors (Lipinski definition) is 7. The van der Waals surface area contributed by atoms with Gasteiger partial charge in [-0.2, -0.15) is 4.98 Å². The highest BCUT2D eigenvalue weighted by Gasteiger charge is 2.28. The van der Waals surface area contributed by atoms with Crippen molar-refractivity contribution in [3.8, 4) is 6.01 Å². The van der Waals surface area contributed by atoms with Gasteiger partial charge in [-0.3, -0.25) is 9.64 Å². The van der Waals surface area contributed by atoms with Crippen LogP contribution in [0.4, 0.5) is 24.7 Å². The Hall–Kier alpha value is -2.59. The number of nitrogens with zero attached hydrogens (tertiary/aromatic N) is 3. The molecule has 0 spiro atoms. The summed E-state index contributed by atoms with van der Waals surface area (Å²) in [6.07, 6.45) is -0.816.